The summed E-state index contributed by atoms with van der Waals surface area (Å²) >= 11 is 0. The lowest BCUT2D eigenvalue weighted by Gasteiger charge is -2.05. The van der Waals surface area contributed by atoms with Crippen LogP contribution in [0.15, 0.2) is 48.8 Å². The molecule has 0 bridgehead atoms. The fraction of sp³-hybridized carbons (Fsp3) is 0.214. The first kappa shape index (κ1) is 11.8. The molecule has 0 fully saturated rings. The van der Waals surface area contributed by atoms with Crippen molar-refractivity contribution in [1.82, 2.24) is 25.3 Å². The van der Waals surface area contributed by atoms with E-state index >= 15 is 0 Å². The van der Waals surface area contributed by atoms with Gasteiger partial charge in [0.2, 0.25) is 0 Å². The molecule has 19 heavy (non-hydrogen) atoms. The third-order valence-corrected chi connectivity index (χ3v) is 2.95. The highest BCUT2D eigenvalue weighted by Gasteiger charge is 1.98. The third kappa shape index (κ3) is 2.95. The van der Waals surface area contributed by atoms with E-state index in [4.69, 9.17) is 0 Å². The molecule has 0 aliphatic heterocycles. The van der Waals surface area contributed by atoms with Gasteiger partial charge in [0, 0.05) is 24.7 Å². The maximum Gasteiger partial charge on any atom is 0.0705 e. The van der Waals surface area contributed by atoms with Crippen LogP contribution in [0.4, 0.5) is 0 Å². The molecule has 2 heterocycles. The van der Waals surface area contributed by atoms with E-state index in [9.17, 15) is 0 Å². The number of nitrogens with zero attached hydrogens (tertiary/aromatic N) is 4. The number of para-hydroxylation sites is 1. The lowest BCUT2D eigenvalue weighted by Crippen LogP contribution is -2.20. The van der Waals surface area contributed by atoms with Gasteiger partial charge < -0.3 is 5.32 Å². The highest BCUT2D eigenvalue weighted by molar-refractivity contribution is 5.78. The van der Waals surface area contributed by atoms with Crippen LogP contribution in [0.3, 0.4) is 0 Å². The third-order valence-electron chi connectivity index (χ3n) is 2.95. The second-order valence-electron chi connectivity index (χ2n) is 4.34. The van der Waals surface area contributed by atoms with Gasteiger partial charge in [0.15, 0.2) is 0 Å². The lowest BCUT2D eigenvalue weighted by molar-refractivity contribution is 0.538. The van der Waals surface area contributed by atoms with Crippen LogP contribution in [0.5, 0.6) is 0 Å². The normalized spacial score (nSPS) is 10.9. The number of nitrogens with one attached hydrogen (secondary N) is 1. The molecule has 1 aromatic carbocycles. The van der Waals surface area contributed by atoms with Crippen molar-refractivity contribution < 1.29 is 0 Å². The molecule has 0 saturated carbocycles. The predicted octanol–water partition coefficient (Wildman–Crippen LogP) is 1.62. The molecule has 0 unspecified atom stereocenters. The van der Waals surface area contributed by atoms with Crippen molar-refractivity contribution in [3.8, 4) is 0 Å². The molecule has 0 spiro atoms. The molecule has 0 saturated heterocycles. The maximum absolute atomic E-state index is 4.61. The molecule has 96 valence electrons. The van der Waals surface area contributed by atoms with Gasteiger partial charge in [0.05, 0.1) is 24.0 Å². The van der Waals surface area contributed by atoms with Crippen molar-refractivity contribution in [2.45, 2.75) is 13.1 Å². The van der Waals surface area contributed by atoms with E-state index < -0.39 is 0 Å². The summed E-state index contributed by atoms with van der Waals surface area (Å²) in [6, 6.07) is 12.3. The Morgan fingerprint density at radius 3 is 2.95 bits per heavy atom. The molecule has 0 atom stereocenters. The number of hydrogen-bond donors (Lipinski definition) is 1. The molecule has 0 radical (unpaired) electrons. The monoisotopic (exact) mass is 253 g/mol. The topological polar surface area (TPSA) is 55.6 Å². The van der Waals surface area contributed by atoms with Crippen LogP contribution >= 0.6 is 0 Å². The minimum Gasteiger partial charge on any atom is -0.309 e. The van der Waals surface area contributed by atoms with Crippen molar-refractivity contribution in [2.24, 2.45) is 0 Å². The quantitative estimate of drug-likeness (QED) is 0.702. The summed E-state index contributed by atoms with van der Waals surface area (Å²) in [5.41, 5.74) is 2.09. The van der Waals surface area contributed by atoms with Gasteiger partial charge in [-0.3, -0.25) is 9.67 Å². The zero-order valence-electron chi connectivity index (χ0n) is 10.5. The van der Waals surface area contributed by atoms with Crippen molar-refractivity contribution >= 4 is 10.9 Å². The molecule has 5 heteroatoms. The van der Waals surface area contributed by atoms with Gasteiger partial charge in [-0.2, -0.15) is 0 Å². The minimum absolute atomic E-state index is 0.763. The first-order valence-corrected chi connectivity index (χ1v) is 6.31. The van der Waals surface area contributed by atoms with Crippen molar-refractivity contribution in [3.63, 3.8) is 0 Å². The molecule has 3 aromatic rings. The summed E-state index contributed by atoms with van der Waals surface area (Å²) in [6.07, 6.45) is 3.54. The standard InChI is InChI=1S/C14H15N5/c1-2-4-14-12(3-1)5-6-13(17-14)11-15-7-9-19-10-8-16-18-19/h1-6,8,10,15H,7,9,11H2. The molecule has 0 aliphatic rings. The zero-order valence-corrected chi connectivity index (χ0v) is 10.5. The second kappa shape index (κ2) is 5.58. The van der Waals surface area contributed by atoms with Crippen LogP contribution in [0, 0.1) is 0 Å². The highest BCUT2D eigenvalue weighted by Crippen LogP contribution is 2.11. The summed E-state index contributed by atoms with van der Waals surface area (Å²) in [5, 5.41) is 12.2. The van der Waals surface area contributed by atoms with Crippen LogP contribution in [-0.4, -0.2) is 26.5 Å². The summed E-state index contributed by atoms with van der Waals surface area (Å²) in [5.74, 6) is 0. The number of hydrogen-bond acceptors (Lipinski definition) is 4. The number of benzene rings is 1. The van der Waals surface area contributed by atoms with Gasteiger partial charge in [-0.25, -0.2) is 0 Å². The van der Waals surface area contributed by atoms with Crippen molar-refractivity contribution in [1.29, 1.82) is 0 Å². The first-order chi connectivity index (χ1) is 9.42. The molecular formula is C14H15N5. The van der Waals surface area contributed by atoms with Gasteiger partial charge in [-0.1, -0.05) is 29.5 Å². The number of rotatable bonds is 5. The molecule has 2 aromatic heterocycles. The maximum atomic E-state index is 4.61. The molecule has 0 aliphatic carbocycles. The van der Waals surface area contributed by atoms with E-state index in [1.165, 1.54) is 5.39 Å². The Hall–Kier alpha value is -2.27. The average molecular weight is 253 g/mol. The fourth-order valence-electron chi connectivity index (χ4n) is 1.97. The van der Waals surface area contributed by atoms with E-state index in [1.807, 2.05) is 24.4 Å². The van der Waals surface area contributed by atoms with E-state index in [1.54, 1.807) is 10.9 Å². The lowest BCUT2D eigenvalue weighted by atomic mass is 10.2. The zero-order chi connectivity index (χ0) is 12.9. The van der Waals surface area contributed by atoms with Gasteiger partial charge in [-0.15, -0.1) is 5.10 Å². The summed E-state index contributed by atoms with van der Waals surface area (Å²) < 4.78 is 1.81. The average Bonchev–Trinajstić information content (AvgIpc) is 2.97. The van der Waals surface area contributed by atoms with Gasteiger partial charge >= 0.3 is 0 Å². The van der Waals surface area contributed by atoms with Crippen molar-refractivity contribution in [2.75, 3.05) is 6.54 Å². The molecule has 5 nitrogen and oxygen atoms in total. The molecule has 0 amide bonds. The van der Waals surface area contributed by atoms with Crippen LogP contribution < -0.4 is 5.32 Å². The Kier molecular flexibility index (Phi) is 3.47. The molecule has 1 N–H and O–H groups in total. The number of fused-ring (bicyclic) bond motifs is 1. The van der Waals surface area contributed by atoms with Crippen molar-refractivity contribution in [3.05, 3.63) is 54.5 Å². The minimum atomic E-state index is 0.763. The fourth-order valence-corrected chi connectivity index (χ4v) is 1.97. The smallest absolute Gasteiger partial charge is 0.0705 e. The van der Waals surface area contributed by atoms with Crippen LogP contribution in [0.2, 0.25) is 0 Å². The Balaban J connectivity index is 1.56. The SMILES string of the molecule is c1ccc2nc(CNCCn3ccnn3)ccc2c1. The van der Waals surface area contributed by atoms with Gasteiger partial charge in [-0.05, 0) is 12.1 Å². The van der Waals surface area contributed by atoms with E-state index in [0.717, 1.165) is 30.8 Å². The van der Waals surface area contributed by atoms with Gasteiger partial charge in [0.1, 0.15) is 0 Å². The Labute approximate surface area is 111 Å². The van der Waals surface area contributed by atoms with Crippen LogP contribution in [0.1, 0.15) is 5.69 Å². The molecular weight excluding hydrogens is 238 g/mol. The summed E-state index contributed by atoms with van der Waals surface area (Å²) in [4.78, 5) is 4.61. The Bertz CT molecular complexity index is 648. The summed E-state index contributed by atoms with van der Waals surface area (Å²) in [7, 11) is 0. The first-order valence-electron chi connectivity index (χ1n) is 6.31. The number of pyridine rings is 1. The predicted molar refractivity (Wildman–Crippen MR) is 73.5 cm³/mol. The molecule has 3 rings (SSSR count). The summed E-state index contributed by atoms with van der Waals surface area (Å²) in [6.45, 7) is 2.42. The van der Waals surface area contributed by atoms with E-state index in [-0.39, 0.29) is 0 Å². The van der Waals surface area contributed by atoms with Crippen LogP contribution in [-0.2, 0) is 13.1 Å². The van der Waals surface area contributed by atoms with E-state index in [2.05, 4.69) is 38.8 Å². The van der Waals surface area contributed by atoms with Crippen LogP contribution in [0.25, 0.3) is 10.9 Å². The largest absolute Gasteiger partial charge is 0.309 e. The number of aromatic nitrogens is 4. The Morgan fingerprint density at radius 2 is 2.05 bits per heavy atom. The second-order valence-corrected chi connectivity index (χ2v) is 4.34. The van der Waals surface area contributed by atoms with Gasteiger partial charge in [0.25, 0.3) is 0 Å². The Morgan fingerprint density at radius 1 is 1.11 bits per heavy atom. The highest BCUT2D eigenvalue weighted by atomic mass is 15.4. The van der Waals surface area contributed by atoms with E-state index in [0.29, 0.717) is 0 Å².